The fourth-order valence-corrected chi connectivity index (χ4v) is 4.50. The largest absolute Gasteiger partial charge is 0.504 e. The van der Waals surface area contributed by atoms with E-state index in [4.69, 9.17) is 44.3 Å². The Hall–Kier alpha value is -5.97. The summed E-state index contributed by atoms with van der Waals surface area (Å²) in [7, 11) is -12.0. The molecule has 0 saturated heterocycles. The summed E-state index contributed by atoms with van der Waals surface area (Å²) in [5, 5.41) is 62.6. The summed E-state index contributed by atoms with van der Waals surface area (Å²) in [6, 6.07) is 27.8. The Bertz CT molecular complexity index is 2000. The number of hydrogen-bond donors (Lipinski definition) is 9. The molecule has 0 atom stereocenters. The first-order chi connectivity index (χ1) is 23.6. The zero-order chi connectivity index (χ0) is 39.0. The van der Waals surface area contributed by atoms with Crippen LogP contribution in [-0.4, -0.2) is 74.5 Å². The molecule has 0 aliphatic heterocycles. The van der Waals surface area contributed by atoms with E-state index >= 15 is 0 Å². The van der Waals surface area contributed by atoms with Crippen LogP contribution in [0.5, 0.6) is 34.5 Å². The van der Waals surface area contributed by atoms with Crippen LogP contribution >= 0.6 is 0 Å². The molecule has 0 bridgehead atoms. The number of nitro benzene ring substituents is 1. The number of rotatable bonds is 4. The molecule has 18 nitrogen and oxygen atoms in total. The number of nitro groups is 1. The standard InChI is InChI=1S/C6H5NO5.3C6H6O3S.C6H6O3/c8-4-1-3(7(11)12)2-5(9)6(4)10;3*7-10(8,9)6-4-2-1-3-5-6;7-4-2-1-3-5(8)6(4)9/h1-2,8-10H;3*1-5H,(H,7,8,9);1-3,7-9H. The van der Waals surface area contributed by atoms with Crippen molar-refractivity contribution in [3.63, 3.8) is 0 Å². The van der Waals surface area contributed by atoms with E-state index in [0.717, 1.165) is 12.1 Å². The molecule has 5 aromatic carbocycles. The van der Waals surface area contributed by atoms with Gasteiger partial charge in [-0.05, 0) is 48.5 Å². The smallest absolute Gasteiger partial charge is 0.294 e. The van der Waals surface area contributed by atoms with Crippen LogP contribution in [-0.2, 0) is 30.4 Å². The molecule has 0 amide bonds. The molecule has 0 aliphatic rings. The molecule has 9 N–H and O–H groups in total. The normalized spacial score (nSPS) is 10.6. The second kappa shape index (κ2) is 19.3. The number of hydrogen-bond acceptors (Lipinski definition) is 14. The van der Waals surface area contributed by atoms with Crippen molar-refractivity contribution in [2.24, 2.45) is 0 Å². The first-order valence-electron chi connectivity index (χ1n) is 13.2. The van der Waals surface area contributed by atoms with Crippen molar-refractivity contribution in [3.8, 4) is 34.5 Å². The quantitative estimate of drug-likeness (QED) is 0.0531. The van der Waals surface area contributed by atoms with Crippen molar-refractivity contribution in [3.05, 3.63) is 131 Å². The molecule has 0 radical (unpaired) electrons. The Morgan fingerprint density at radius 2 is 0.667 bits per heavy atom. The number of nitrogens with zero attached hydrogens (tertiary/aromatic N) is 1. The number of phenolic OH excluding ortho intramolecular Hbond substituents is 6. The van der Waals surface area contributed by atoms with Gasteiger partial charge in [0.2, 0.25) is 5.75 Å². The van der Waals surface area contributed by atoms with Crippen LogP contribution in [0.4, 0.5) is 5.69 Å². The molecule has 274 valence electrons. The van der Waals surface area contributed by atoms with Crippen molar-refractivity contribution in [1.29, 1.82) is 0 Å². The summed E-state index contributed by atoms with van der Waals surface area (Å²) in [4.78, 5) is 9.10. The Kier molecular flexibility index (Phi) is 16.3. The highest BCUT2D eigenvalue weighted by atomic mass is 32.2. The van der Waals surface area contributed by atoms with E-state index in [0.29, 0.717) is 0 Å². The van der Waals surface area contributed by atoms with E-state index in [-0.39, 0.29) is 26.2 Å². The van der Waals surface area contributed by atoms with E-state index < -0.39 is 64.0 Å². The van der Waals surface area contributed by atoms with Gasteiger partial charge in [0.25, 0.3) is 36.0 Å². The Morgan fingerprint density at radius 1 is 0.412 bits per heavy atom. The maximum absolute atomic E-state index is 10.4. The summed E-state index contributed by atoms with van der Waals surface area (Å²) in [5.74, 6) is -3.30. The number of non-ortho nitro benzene ring substituents is 1. The van der Waals surface area contributed by atoms with Gasteiger partial charge < -0.3 is 30.6 Å². The lowest BCUT2D eigenvalue weighted by Crippen LogP contribution is -1.96. The molecule has 0 aliphatic carbocycles. The number of para-hydroxylation sites is 1. The van der Waals surface area contributed by atoms with Crippen LogP contribution < -0.4 is 0 Å². The molecular formula is C30H29NO17S3. The monoisotopic (exact) mass is 771 g/mol. The molecule has 51 heavy (non-hydrogen) atoms. The van der Waals surface area contributed by atoms with Gasteiger partial charge in [-0.25, -0.2) is 0 Å². The van der Waals surface area contributed by atoms with Crippen LogP contribution in [0.3, 0.4) is 0 Å². The SMILES string of the molecule is O=S(=O)(O)c1ccccc1.O=S(=O)(O)c1ccccc1.O=S(=O)(O)c1ccccc1.O=[N+]([O-])c1cc(O)c(O)c(O)c1.Oc1cccc(O)c1O. The minimum absolute atomic E-state index is 0.0741. The number of benzene rings is 5. The Balaban J connectivity index is 0.000000320. The number of phenols is 6. The molecule has 0 unspecified atom stereocenters. The fourth-order valence-electron chi connectivity index (χ4n) is 2.99. The minimum atomic E-state index is -4.00. The van der Waals surface area contributed by atoms with E-state index in [1.807, 2.05) is 0 Å². The van der Waals surface area contributed by atoms with Crippen molar-refractivity contribution >= 4 is 36.0 Å². The van der Waals surface area contributed by atoms with Crippen LogP contribution in [0.1, 0.15) is 0 Å². The Labute approximate surface area is 290 Å². The van der Waals surface area contributed by atoms with Gasteiger partial charge in [0, 0.05) is 0 Å². The zero-order valence-corrected chi connectivity index (χ0v) is 28.0. The van der Waals surface area contributed by atoms with Crippen LogP contribution in [0.2, 0.25) is 0 Å². The van der Waals surface area contributed by atoms with Gasteiger partial charge in [-0.2, -0.15) is 25.3 Å². The lowest BCUT2D eigenvalue weighted by Gasteiger charge is -1.99. The molecule has 5 aromatic rings. The highest BCUT2D eigenvalue weighted by molar-refractivity contribution is 7.86. The highest BCUT2D eigenvalue weighted by Gasteiger charge is 2.14. The van der Waals surface area contributed by atoms with Gasteiger partial charge in [-0.1, -0.05) is 60.7 Å². The van der Waals surface area contributed by atoms with Gasteiger partial charge in [0.15, 0.2) is 28.7 Å². The van der Waals surface area contributed by atoms with Gasteiger partial charge >= 0.3 is 0 Å². The van der Waals surface area contributed by atoms with Gasteiger partial charge in [0.1, 0.15) is 0 Å². The van der Waals surface area contributed by atoms with Crippen molar-refractivity contribution < 1.29 is 74.5 Å². The molecule has 5 rings (SSSR count). The molecule has 0 fully saturated rings. The molecule has 0 heterocycles. The van der Waals surface area contributed by atoms with Gasteiger partial charge in [-0.15, -0.1) is 0 Å². The zero-order valence-electron chi connectivity index (χ0n) is 25.5. The van der Waals surface area contributed by atoms with E-state index in [1.165, 1.54) is 54.6 Å². The summed E-state index contributed by atoms with van der Waals surface area (Å²) < 4.78 is 87.7. The molecule has 0 saturated carbocycles. The lowest BCUT2D eigenvalue weighted by molar-refractivity contribution is -0.385. The summed E-state index contributed by atoms with van der Waals surface area (Å²) in [5.41, 5.74) is -0.484. The lowest BCUT2D eigenvalue weighted by atomic mass is 10.2. The third-order valence-electron chi connectivity index (χ3n) is 5.38. The van der Waals surface area contributed by atoms with Crippen LogP contribution in [0, 0.1) is 10.1 Å². The predicted octanol–water partition coefficient (Wildman–Crippen LogP) is 4.31. The summed E-state index contributed by atoms with van der Waals surface area (Å²) >= 11 is 0. The summed E-state index contributed by atoms with van der Waals surface area (Å²) in [6.07, 6.45) is 0. The number of aromatic hydroxyl groups is 6. The maximum atomic E-state index is 10.4. The molecular weight excluding hydrogens is 743 g/mol. The van der Waals surface area contributed by atoms with E-state index in [9.17, 15) is 35.4 Å². The molecule has 21 heteroatoms. The average molecular weight is 772 g/mol. The Morgan fingerprint density at radius 3 is 0.863 bits per heavy atom. The van der Waals surface area contributed by atoms with Gasteiger partial charge in [-0.3, -0.25) is 23.8 Å². The van der Waals surface area contributed by atoms with E-state index in [2.05, 4.69) is 0 Å². The first kappa shape index (κ1) is 43.1. The fraction of sp³-hybridized carbons (Fsp3) is 0. The van der Waals surface area contributed by atoms with Crippen molar-refractivity contribution in [2.45, 2.75) is 14.7 Å². The summed E-state index contributed by atoms with van der Waals surface area (Å²) in [6.45, 7) is 0. The second-order valence-corrected chi connectivity index (χ2v) is 13.4. The average Bonchev–Trinajstić information content (AvgIpc) is 3.07. The highest BCUT2D eigenvalue weighted by Crippen LogP contribution is 2.38. The topological polar surface area (TPSA) is 328 Å². The van der Waals surface area contributed by atoms with Crippen LogP contribution in [0.25, 0.3) is 0 Å². The molecule has 0 aromatic heterocycles. The predicted molar refractivity (Wildman–Crippen MR) is 178 cm³/mol. The first-order valence-corrected chi connectivity index (χ1v) is 17.5. The third kappa shape index (κ3) is 15.9. The second-order valence-electron chi connectivity index (χ2n) is 9.10. The van der Waals surface area contributed by atoms with Crippen molar-refractivity contribution in [1.82, 2.24) is 0 Å². The molecule has 0 spiro atoms. The maximum Gasteiger partial charge on any atom is 0.294 e. The third-order valence-corrected chi connectivity index (χ3v) is 7.99. The van der Waals surface area contributed by atoms with Crippen LogP contribution in [0.15, 0.2) is 136 Å². The minimum Gasteiger partial charge on any atom is -0.504 e. The van der Waals surface area contributed by atoms with E-state index in [1.54, 1.807) is 54.6 Å². The van der Waals surface area contributed by atoms with Crippen molar-refractivity contribution in [2.75, 3.05) is 0 Å². The van der Waals surface area contributed by atoms with Gasteiger partial charge in [0.05, 0.1) is 31.7 Å².